The summed E-state index contributed by atoms with van der Waals surface area (Å²) in [5.41, 5.74) is 7.14. The Hall–Kier alpha value is -2.80. The zero-order chi connectivity index (χ0) is 21.6. The summed E-state index contributed by atoms with van der Waals surface area (Å²) in [6, 6.07) is 13.5. The summed E-state index contributed by atoms with van der Waals surface area (Å²) >= 11 is 3.53. The number of methoxy groups -OCH3 is 1. The SMILES string of the molecule is COc1cc(/C=C/C(=O)NCC2(c3cccc(Br)c3)CCC2)ccc1OCC(N)=O. The Morgan fingerprint density at radius 2 is 2.00 bits per heavy atom. The minimum Gasteiger partial charge on any atom is -0.493 e. The zero-order valence-electron chi connectivity index (χ0n) is 16.8. The standard InChI is InChI=1S/C23H25BrN2O4/c1-29-20-12-16(6-8-19(20)30-14-21(25)27)7-9-22(28)26-15-23(10-3-11-23)17-4-2-5-18(24)13-17/h2,4-9,12-13H,3,10-11,14-15H2,1H3,(H2,25,27)(H,26,28)/b9-7+. The highest BCUT2D eigenvalue weighted by Crippen LogP contribution is 2.43. The molecule has 0 heterocycles. The molecule has 0 bridgehead atoms. The quantitative estimate of drug-likeness (QED) is 0.545. The van der Waals surface area contributed by atoms with E-state index in [-0.39, 0.29) is 17.9 Å². The number of nitrogens with one attached hydrogen (secondary N) is 1. The number of nitrogens with two attached hydrogens (primary N) is 1. The third-order valence-corrected chi connectivity index (χ3v) is 5.83. The van der Waals surface area contributed by atoms with E-state index in [2.05, 4.69) is 33.4 Å². The largest absolute Gasteiger partial charge is 0.493 e. The first-order valence-electron chi connectivity index (χ1n) is 9.73. The molecule has 1 fully saturated rings. The molecular weight excluding hydrogens is 448 g/mol. The summed E-state index contributed by atoms with van der Waals surface area (Å²) in [4.78, 5) is 23.3. The third-order valence-electron chi connectivity index (χ3n) is 5.33. The van der Waals surface area contributed by atoms with Gasteiger partial charge in [-0.1, -0.05) is 40.5 Å². The van der Waals surface area contributed by atoms with Crippen molar-refractivity contribution in [3.05, 3.63) is 64.1 Å². The zero-order valence-corrected chi connectivity index (χ0v) is 18.4. The minimum atomic E-state index is -0.565. The number of carbonyl (C=O) groups excluding carboxylic acids is 2. The molecule has 1 aliphatic carbocycles. The molecule has 3 N–H and O–H groups in total. The van der Waals surface area contributed by atoms with Gasteiger partial charge in [0.15, 0.2) is 18.1 Å². The van der Waals surface area contributed by atoms with Crippen LogP contribution >= 0.6 is 15.9 Å². The van der Waals surface area contributed by atoms with Crippen LogP contribution in [-0.2, 0) is 15.0 Å². The number of rotatable bonds is 9. The van der Waals surface area contributed by atoms with Crippen LogP contribution in [0.4, 0.5) is 0 Å². The summed E-state index contributed by atoms with van der Waals surface area (Å²) in [6.45, 7) is 0.379. The van der Waals surface area contributed by atoms with Gasteiger partial charge in [-0.05, 0) is 54.3 Å². The van der Waals surface area contributed by atoms with E-state index in [9.17, 15) is 9.59 Å². The van der Waals surface area contributed by atoms with Crippen LogP contribution in [0.2, 0.25) is 0 Å². The average Bonchev–Trinajstić information content (AvgIpc) is 2.70. The molecule has 0 unspecified atom stereocenters. The first-order valence-corrected chi connectivity index (χ1v) is 10.5. The second-order valence-corrected chi connectivity index (χ2v) is 8.28. The lowest BCUT2D eigenvalue weighted by Gasteiger charge is -2.42. The van der Waals surface area contributed by atoms with Crippen molar-refractivity contribution >= 4 is 33.8 Å². The molecule has 0 spiro atoms. The Balaban J connectivity index is 1.61. The van der Waals surface area contributed by atoms with E-state index in [1.807, 2.05) is 12.1 Å². The van der Waals surface area contributed by atoms with Crippen molar-refractivity contribution in [2.45, 2.75) is 24.7 Å². The van der Waals surface area contributed by atoms with Gasteiger partial charge in [0, 0.05) is 22.5 Å². The van der Waals surface area contributed by atoms with Gasteiger partial charge in [0.25, 0.3) is 5.91 Å². The fraction of sp³-hybridized carbons (Fsp3) is 0.304. The summed E-state index contributed by atoms with van der Waals surface area (Å²) < 4.78 is 11.6. The van der Waals surface area contributed by atoms with Crippen LogP contribution in [0.15, 0.2) is 53.0 Å². The van der Waals surface area contributed by atoms with Gasteiger partial charge >= 0.3 is 0 Å². The van der Waals surface area contributed by atoms with Gasteiger partial charge in [0.2, 0.25) is 5.91 Å². The van der Waals surface area contributed by atoms with Crippen LogP contribution in [0.5, 0.6) is 11.5 Å². The average molecular weight is 473 g/mol. The molecule has 30 heavy (non-hydrogen) atoms. The number of halogens is 1. The van der Waals surface area contributed by atoms with Crippen LogP contribution in [0.3, 0.4) is 0 Å². The molecule has 3 rings (SSSR count). The fourth-order valence-electron chi connectivity index (χ4n) is 3.53. The number of benzene rings is 2. The number of hydrogen-bond donors (Lipinski definition) is 2. The highest BCUT2D eigenvalue weighted by atomic mass is 79.9. The molecule has 0 radical (unpaired) electrons. The predicted octanol–water partition coefficient (Wildman–Crippen LogP) is 3.57. The molecule has 1 saturated carbocycles. The van der Waals surface area contributed by atoms with Gasteiger partial charge in [-0.2, -0.15) is 0 Å². The Kier molecular flexibility index (Phi) is 7.15. The molecule has 158 valence electrons. The van der Waals surface area contributed by atoms with Crippen molar-refractivity contribution in [3.63, 3.8) is 0 Å². The summed E-state index contributed by atoms with van der Waals surface area (Å²) in [5.74, 6) is 0.162. The highest BCUT2D eigenvalue weighted by Gasteiger charge is 2.38. The van der Waals surface area contributed by atoms with E-state index in [4.69, 9.17) is 15.2 Å². The Morgan fingerprint density at radius 1 is 1.20 bits per heavy atom. The van der Waals surface area contributed by atoms with Crippen molar-refractivity contribution in [1.82, 2.24) is 5.32 Å². The van der Waals surface area contributed by atoms with Crippen molar-refractivity contribution < 1.29 is 19.1 Å². The molecule has 2 aromatic rings. The molecule has 2 aromatic carbocycles. The Morgan fingerprint density at radius 3 is 2.63 bits per heavy atom. The topological polar surface area (TPSA) is 90.7 Å². The minimum absolute atomic E-state index is 0.00984. The molecule has 1 aliphatic rings. The maximum atomic E-state index is 12.4. The van der Waals surface area contributed by atoms with Crippen molar-refractivity contribution in [2.24, 2.45) is 5.73 Å². The molecule has 7 heteroatoms. The molecule has 0 saturated heterocycles. The lowest BCUT2D eigenvalue weighted by molar-refractivity contribution is -0.120. The van der Waals surface area contributed by atoms with E-state index in [1.165, 1.54) is 25.2 Å². The predicted molar refractivity (Wildman–Crippen MR) is 119 cm³/mol. The molecule has 0 aromatic heterocycles. The second-order valence-electron chi connectivity index (χ2n) is 7.36. The first-order chi connectivity index (χ1) is 14.4. The lowest BCUT2D eigenvalue weighted by Crippen LogP contribution is -2.45. The highest BCUT2D eigenvalue weighted by molar-refractivity contribution is 9.10. The summed E-state index contributed by atoms with van der Waals surface area (Å²) in [5, 5.41) is 3.04. The van der Waals surface area contributed by atoms with Crippen molar-refractivity contribution in [3.8, 4) is 11.5 Å². The Bertz CT molecular complexity index is 954. The smallest absolute Gasteiger partial charge is 0.255 e. The van der Waals surface area contributed by atoms with Crippen molar-refractivity contribution in [1.29, 1.82) is 0 Å². The first kappa shape index (κ1) is 21.9. The van der Waals surface area contributed by atoms with Gasteiger partial charge < -0.3 is 20.5 Å². The maximum Gasteiger partial charge on any atom is 0.255 e. The molecule has 6 nitrogen and oxygen atoms in total. The van der Waals surface area contributed by atoms with Crippen LogP contribution in [0, 0.1) is 0 Å². The van der Waals surface area contributed by atoms with Gasteiger partial charge in [0.1, 0.15) is 0 Å². The molecule has 0 aliphatic heterocycles. The monoisotopic (exact) mass is 472 g/mol. The van der Waals surface area contributed by atoms with E-state index in [0.29, 0.717) is 18.0 Å². The van der Waals surface area contributed by atoms with Crippen LogP contribution in [0.25, 0.3) is 6.08 Å². The lowest BCUT2D eigenvalue weighted by atomic mass is 9.64. The van der Waals surface area contributed by atoms with Gasteiger partial charge in [-0.25, -0.2) is 0 Å². The van der Waals surface area contributed by atoms with Crippen LogP contribution in [-0.4, -0.2) is 32.1 Å². The normalized spacial score (nSPS) is 14.7. The van der Waals surface area contributed by atoms with Crippen molar-refractivity contribution in [2.75, 3.05) is 20.3 Å². The molecular formula is C23H25BrN2O4. The van der Waals surface area contributed by atoms with Gasteiger partial charge in [-0.15, -0.1) is 0 Å². The van der Waals surface area contributed by atoms with E-state index < -0.39 is 5.91 Å². The fourth-order valence-corrected chi connectivity index (χ4v) is 3.93. The molecule has 0 atom stereocenters. The number of primary amides is 1. The second kappa shape index (κ2) is 9.80. The van der Waals surface area contributed by atoms with E-state index in [0.717, 1.165) is 22.9 Å². The van der Waals surface area contributed by atoms with E-state index >= 15 is 0 Å². The van der Waals surface area contributed by atoms with Crippen LogP contribution in [0.1, 0.15) is 30.4 Å². The van der Waals surface area contributed by atoms with Gasteiger partial charge in [-0.3, -0.25) is 9.59 Å². The maximum absolute atomic E-state index is 12.4. The third kappa shape index (κ3) is 5.42. The number of ether oxygens (including phenoxy) is 2. The summed E-state index contributed by atoms with van der Waals surface area (Å²) in [7, 11) is 1.51. The number of hydrogen-bond acceptors (Lipinski definition) is 4. The molecule has 2 amide bonds. The van der Waals surface area contributed by atoms with Gasteiger partial charge in [0.05, 0.1) is 7.11 Å². The van der Waals surface area contributed by atoms with Crippen LogP contribution < -0.4 is 20.5 Å². The number of carbonyl (C=O) groups is 2. The summed E-state index contributed by atoms with van der Waals surface area (Å²) in [6.07, 6.45) is 6.52. The number of amides is 2. The van der Waals surface area contributed by atoms with E-state index in [1.54, 1.807) is 24.3 Å². The Labute approximate surface area is 184 Å².